The van der Waals surface area contributed by atoms with Gasteiger partial charge in [-0.05, 0) is 18.6 Å². The number of aromatic nitrogens is 3. The van der Waals surface area contributed by atoms with Gasteiger partial charge < -0.3 is 16.0 Å². The second kappa shape index (κ2) is 8.52. The SMILES string of the molecule is CCCCn1c(N)c(N(C)CC(=O)Nc2ccc(Cl)cn2)c(=O)[nH]c1=O. The van der Waals surface area contributed by atoms with Crippen molar-refractivity contribution in [2.45, 2.75) is 26.3 Å². The number of nitrogen functional groups attached to an aromatic ring is 1. The molecule has 0 aromatic carbocycles. The Labute approximate surface area is 154 Å². The standard InChI is InChI=1S/C16H21ClN6O3/c1-3-4-7-23-14(18)13(15(25)21-16(23)26)22(2)9-12(24)20-11-6-5-10(17)8-19-11/h5-6,8H,3-4,7,9,18H2,1-2H3,(H,19,20,24)(H,21,25,26). The zero-order valence-corrected chi connectivity index (χ0v) is 15.3. The molecule has 26 heavy (non-hydrogen) atoms. The number of H-pyrrole nitrogens is 1. The van der Waals surface area contributed by atoms with E-state index < -0.39 is 17.2 Å². The van der Waals surface area contributed by atoms with E-state index in [0.29, 0.717) is 17.4 Å². The number of rotatable bonds is 7. The molecule has 0 fully saturated rings. The van der Waals surface area contributed by atoms with Crippen molar-refractivity contribution < 1.29 is 4.79 Å². The van der Waals surface area contributed by atoms with Crippen LogP contribution in [0.1, 0.15) is 19.8 Å². The molecule has 140 valence electrons. The van der Waals surface area contributed by atoms with Gasteiger partial charge in [0, 0.05) is 19.8 Å². The van der Waals surface area contributed by atoms with Crippen molar-refractivity contribution in [3.8, 4) is 0 Å². The summed E-state index contributed by atoms with van der Waals surface area (Å²) in [6, 6.07) is 3.16. The molecule has 0 unspecified atom stereocenters. The van der Waals surface area contributed by atoms with Crippen LogP contribution in [0.2, 0.25) is 5.02 Å². The maximum Gasteiger partial charge on any atom is 0.330 e. The van der Waals surface area contributed by atoms with Crippen molar-refractivity contribution in [1.29, 1.82) is 0 Å². The minimum absolute atomic E-state index is 0.0344. The average Bonchev–Trinajstić information content (AvgIpc) is 2.56. The van der Waals surface area contributed by atoms with Gasteiger partial charge in [-0.1, -0.05) is 24.9 Å². The molecule has 0 spiro atoms. The van der Waals surface area contributed by atoms with Crippen molar-refractivity contribution in [3.05, 3.63) is 44.2 Å². The Morgan fingerprint density at radius 1 is 1.42 bits per heavy atom. The molecule has 10 heteroatoms. The normalized spacial score (nSPS) is 10.6. The fourth-order valence-electron chi connectivity index (χ4n) is 2.41. The minimum Gasteiger partial charge on any atom is -0.383 e. The number of unbranched alkanes of at least 4 members (excludes halogenated alkanes) is 1. The number of carbonyl (C=O) groups excluding carboxylic acids is 1. The van der Waals surface area contributed by atoms with Gasteiger partial charge in [0.2, 0.25) is 5.91 Å². The van der Waals surface area contributed by atoms with Gasteiger partial charge >= 0.3 is 5.69 Å². The second-order valence-corrected chi connectivity index (χ2v) is 6.20. The zero-order valence-electron chi connectivity index (χ0n) is 14.6. The first-order chi connectivity index (χ1) is 12.3. The molecule has 0 aliphatic carbocycles. The fourth-order valence-corrected chi connectivity index (χ4v) is 2.52. The fraction of sp³-hybridized carbons (Fsp3) is 0.375. The molecule has 0 bridgehead atoms. The van der Waals surface area contributed by atoms with Crippen LogP contribution in [0.5, 0.6) is 0 Å². The number of aromatic amines is 1. The van der Waals surface area contributed by atoms with E-state index in [9.17, 15) is 14.4 Å². The van der Waals surface area contributed by atoms with Crippen molar-refractivity contribution >= 4 is 34.8 Å². The number of nitrogens with two attached hydrogens (primary N) is 1. The average molecular weight is 381 g/mol. The summed E-state index contributed by atoms with van der Waals surface area (Å²) in [5.41, 5.74) is 4.88. The van der Waals surface area contributed by atoms with Crippen LogP contribution in [0, 0.1) is 0 Å². The molecule has 1 amide bonds. The number of pyridine rings is 1. The Bertz CT molecular complexity index is 890. The minimum atomic E-state index is -0.639. The molecule has 0 saturated heterocycles. The van der Waals surface area contributed by atoms with E-state index in [2.05, 4.69) is 15.3 Å². The molecule has 2 aromatic rings. The first-order valence-electron chi connectivity index (χ1n) is 8.08. The Hall–Kier alpha value is -2.81. The Morgan fingerprint density at radius 3 is 2.77 bits per heavy atom. The molecular formula is C16H21ClN6O3. The second-order valence-electron chi connectivity index (χ2n) is 5.76. The summed E-state index contributed by atoms with van der Waals surface area (Å²) in [6.07, 6.45) is 3.02. The Balaban J connectivity index is 2.19. The largest absolute Gasteiger partial charge is 0.383 e. The molecule has 0 saturated carbocycles. The van der Waals surface area contributed by atoms with Gasteiger partial charge in [0.05, 0.1) is 11.6 Å². The van der Waals surface area contributed by atoms with Crippen molar-refractivity contribution in [2.24, 2.45) is 0 Å². The summed E-state index contributed by atoms with van der Waals surface area (Å²) in [6.45, 7) is 2.22. The summed E-state index contributed by atoms with van der Waals surface area (Å²) in [5, 5.41) is 3.05. The first kappa shape index (κ1) is 19.5. The molecule has 0 aliphatic rings. The molecule has 2 rings (SSSR count). The molecule has 0 aliphatic heterocycles. The van der Waals surface area contributed by atoms with E-state index in [-0.39, 0.29) is 18.1 Å². The van der Waals surface area contributed by atoms with Gasteiger partial charge in [-0.25, -0.2) is 9.78 Å². The quantitative estimate of drug-likeness (QED) is 0.658. The molecule has 0 atom stereocenters. The van der Waals surface area contributed by atoms with Gasteiger partial charge in [-0.2, -0.15) is 0 Å². The van der Waals surface area contributed by atoms with E-state index in [1.54, 1.807) is 19.2 Å². The summed E-state index contributed by atoms with van der Waals surface area (Å²) in [4.78, 5) is 43.9. The third-order valence-corrected chi connectivity index (χ3v) is 3.93. The first-order valence-corrected chi connectivity index (χ1v) is 8.46. The van der Waals surface area contributed by atoms with Crippen LogP contribution in [-0.4, -0.2) is 34.0 Å². The van der Waals surface area contributed by atoms with E-state index >= 15 is 0 Å². The lowest BCUT2D eigenvalue weighted by molar-refractivity contribution is -0.114. The van der Waals surface area contributed by atoms with Crippen molar-refractivity contribution in [2.75, 3.05) is 29.5 Å². The van der Waals surface area contributed by atoms with Gasteiger partial charge in [0.1, 0.15) is 17.3 Å². The number of nitrogens with zero attached hydrogens (tertiary/aromatic N) is 3. The van der Waals surface area contributed by atoms with Gasteiger partial charge in [0.25, 0.3) is 5.56 Å². The lowest BCUT2D eigenvalue weighted by atomic mass is 10.3. The number of likely N-dealkylation sites (N-methyl/N-ethyl adjacent to an activating group) is 1. The maximum atomic E-state index is 12.2. The molecule has 0 radical (unpaired) electrons. The summed E-state index contributed by atoms with van der Waals surface area (Å²) >= 11 is 5.75. The number of amides is 1. The van der Waals surface area contributed by atoms with Gasteiger partial charge in [0.15, 0.2) is 0 Å². The smallest absolute Gasteiger partial charge is 0.330 e. The number of halogens is 1. The predicted molar refractivity (Wildman–Crippen MR) is 102 cm³/mol. The molecular weight excluding hydrogens is 360 g/mol. The highest BCUT2D eigenvalue weighted by Gasteiger charge is 2.18. The van der Waals surface area contributed by atoms with Crippen LogP contribution in [0.4, 0.5) is 17.3 Å². The number of anilines is 3. The lowest BCUT2D eigenvalue weighted by Crippen LogP contribution is -2.39. The van der Waals surface area contributed by atoms with E-state index in [1.807, 2.05) is 6.92 Å². The number of nitrogens with one attached hydrogen (secondary N) is 2. The molecule has 2 heterocycles. The monoisotopic (exact) mass is 380 g/mol. The lowest BCUT2D eigenvalue weighted by Gasteiger charge is -2.21. The van der Waals surface area contributed by atoms with Crippen molar-refractivity contribution in [1.82, 2.24) is 14.5 Å². The predicted octanol–water partition coefficient (Wildman–Crippen LogP) is 1.04. The van der Waals surface area contributed by atoms with E-state index in [1.165, 1.54) is 15.7 Å². The van der Waals surface area contributed by atoms with Crippen LogP contribution in [0.25, 0.3) is 0 Å². The Kier molecular flexibility index (Phi) is 6.40. The van der Waals surface area contributed by atoms with Gasteiger partial charge in [-0.3, -0.25) is 19.1 Å². The summed E-state index contributed by atoms with van der Waals surface area (Å²) in [5.74, 6) is -0.0258. The van der Waals surface area contributed by atoms with Gasteiger partial charge in [-0.15, -0.1) is 0 Å². The summed E-state index contributed by atoms with van der Waals surface area (Å²) in [7, 11) is 1.55. The zero-order chi connectivity index (χ0) is 19.3. The van der Waals surface area contributed by atoms with Crippen LogP contribution >= 0.6 is 11.6 Å². The highest BCUT2D eigenvalue weighted by molar-refractivity contribution is 6.30. The number of carbonyl (C=O) groups is 1. The maximum absolute atomic E-state index is 12.2. The van der Waals surface area contributed by atoms with E-state index in [0.717, 1.165) is 12.8 Å². The Morgan fingerprint density at radius 2 is 2.15 bits per heavy atom. The van der Waals surface area contributed by atoms with Crippen LogP contribution in [0.3, 0.4) is 0 Å². The van der Waals surface area contributed by atoms with Crippen LogP contribution in [-0.2, 0) is 11.3 Å². The molecule has 4 N–H and O–H groups in total. The topological polar surface area (TPSA) is 126 Å². The number of hydrogen-bond donors (Lipinski definition) is 3. The highest BCUT2D eigenvalue weighted by atomic mass is 35.5. The third-order valence-electron chi connectivity index (χ3n) is 3.71. The summed E-state index contributed by atoms with van der Waals surface area (Å²) < 4.78 is 1.30. The number of hydrogen-bond acceptors (Lipinski definition) is 6. The van der Waals surface area contributed by atoms with Crippen LogP contribution < -0.4 is 27.2 Å². The molecule has 9 nitrogen and oxygen atoms in total. The van der Waals surface area contributed by atoms with Crippen LogP contribution in [0.15, 0.2) is 27.9 Å². The highest BCUT2D eigenvalue weighted by Crippen LogP contribution is 2.15. The third kappa shape index (κ3) is 4.63. The van der Waals surface area contributed by atoms with Crippen molar-refractivity contribution in [3.63, 3.8) is 0 Å². The van der Waals surface area contributed by atoms with E-state index in [4.69, 9.17) is 17.3 Å². The molecule has 2 aromatic heterocycles.